The molecule has 1 rings (SSSR count). The number of piperidine rings is 1. The van der Waals surface area contributed by atoms with Crippen LogP contribution in [0.1, 0.15) is 32.6 Å². The van der Waals surface area contributed by atoms with Crippen LogP contribution in [0.5, 0.6) is 0 Å². The number of rotatable bonds is 5. The van der Waals surface area contributed by atoms with Gasteiger partial charge in [-0.05, 0) is 37.8 Å². The second-order valence-corrected chi connectivity index (χ2v) is 4.38. The van der Waals surface area contributed by atoms with Gasteiger partial charge < -0.3 is 9.64 Å². The number of likely N-dealkylation sites (tertiary alicyclic amines) is 1. The molecule has 1 amide bonds. The minimum atomic E-state index is 0.0590. The number of amides is 1. The second kappa shape index (κ2) is 7.75. The van der Waals surface area contributed by atoms with Crippen LogP contribution in [-0.4, -0.2) is 31.0 Å². The van der Waals surface area contributed by atoms with Crippen LogP contribution < -0.4 is 0 Å². The van der Waals surface area contributed by atoms with Crippen LogP contribution in [0.15, 0.2) is 36.1 Å². The van der Waals surface area contributed by atoms with Crippen LogP contribution in [-0.2, 0) is 9.53 Å². The number of allylic oxidation sites excluding steroid dienone is 2. The van der Waals surface area contributed by atoms with Gasteiger partial charge in [0.05, 0.1) is 7.11 Å². The molecule has 18 heavy (non-hydrogen) atoms. The van der Waals surface area contributed by atoms with Gasteiger partial charge in [-0.2, -0.15) is 0 Å². The number of nitrogens with zero attached hydrogens (tertiary/aromatic N) is 1. The lowest BCUT2D eigenvalue weighted by Gasteiger charge is -2.27. The van der Waals surface area contributed by atoms with Crippen LogP contribution in [0.25, 0.3) is 0 Å². The van der Waals surface area contributed by atoms with Crippen molar-refractivity contribution in [3.8, 4) is 0 Å². The van der Waals surface area contributed by atoms with Crippen molar-refractivity contribution in [1.29, 1.82) is 0 Å². The van der Waals surface area contributed by atoms with Gasteiger partial charge >= 0.3 is 0 Å². The lowest BCUT2D eigenvalue weighted by Crippen LogP contribution is -2.36. The van der Waals surface area contributed by atoms with Crippen LogP contribution in [0.4, 0.5) is 0 Å². The number of carbonyl (C=O) groups is 1. The third-order valence-corrected chi connectivity index (χ3v) is 3.05. The highest BCUT2D eigenvalue weighted by atomic mass is 16.5. The molecule has 1 heterocycles. The fraction of sp³-hybridized carbons (Fsp3) is 0.533. The minimum absolute atomic E-state index is 0.0590. The van der Waals surface area contributed by atoms with Gasteiger partial charge in [-0.3, -0.25) is 4.79 Å². The van der Waals surface area contributed by atoms with Gasteiger partial charge in [0.15, 0.2) is 0 Å². The van der Waals surface area contributed by atoms with Gasteiger partial charge in [0.1, 0.15) is 5.76 Å². The first-order valence-electron chi connectivity index (χ1n) is 6.60. The molecule has 1 aliphatic rings. The van der Waals surface area contributed by atoms with E-state index in [-0.39, 0.29) is 5.91 Å². The highest BCUT2D eigenvalue weighted by Crippen LogP contribution is 2.14. The van der Waals surface area contributed by atoms with E-state index in [9.17, 15) is 4.79 Å². The number of ether oxygens (including phenoxy) is 1. The number of hydrogen-bond donors (Lipinski definition) is 0. The Labute approximate surface area is 110 Å². The molecule has 0 aromatic heterocycles. The van der Waals surface area contributed by atoms with Crippen molar-refractivity contribution in [3.63, 3.8) is 0 Å². The van der Waals surface area contributed by atoms with E-state index in [1.54, 1.807) is 19.3 Å². The van der Waals surface area contributed by atoms with Crippen molar-refractivity contribution in [3.05, 3.63) is 36.1 Å². The summed E-state index contributed by atoms with van der Waals surface area (Å²) in [5.41, 5.74) is 0.610. The Balaban J connectivity index is 2.80. The first-order valence-corrected chi connectivity index (χ1v) is 6.60. The molecule has 0 radical (unpaired) electrons. The summed E-state index contributed by atoms with van der Waals surface area (Å²) < 4.78 is 5.23. The SMILES string of the molecule is C=C/C(=C\C(=C\CC)OC)C(=O)N1CCCCC1. The molecule has 0 aromatic rings. The molecule has 100 valence electrons. The topological polar surface area (TPSA) is 29.5 Å². The van der Waals surface area contributed by atoms with Crippen molar-refractivity contribution in [1.82, 2.24) is 4.90 Å². The van der Waals surface area contributed by atoms with Crippen LogP contribution in [0.3, 0.4) is 0 Å². The lowest BCUT2D eigenvalue weighted by atomic mass is 10.1. The molecule has 1 aliphatic heterocycles. The Bertz CT molecular complexity index is 350. The van der Waals surface area contributed by atoms with Gasteiger partial charge in [-0.15, -0.1) is 0 Å². The summed E-state index contributed by atoms with van der Waals surface area (Å²) in [6.07, 6.45) is 9.62. The van der Waals surface area contributed by atoms with Crippen LogP contribution in [0, 0.1) is 0 Å². The maximum absolute atomic E-state index is 12.3. The number of hydrogen-bond acceptors (Lipinski definition) is 2. The third kappa shape index (κ3) is 4.06. The molecule has 3 heteroatoms. The van der Waals surface area contributed by atoms with Gasteiger partial charge in [-0.25, -0.2) is 0 Å². The molecule has 0 bridgehead atoms. The molecule has 0 N–H and O–H groups in total. The molecule has 0 atom stereocenters. The quantitative estimate of drug-likeness (QED) is 0.426. The normalized spacial score (nSPS) is 17.6. The van der Waals surface area contributed by atoms with Gasteiger partial charge in [-0.1, -0.05) is 19.6 Å². The Hall–Kier alpha value is -1.51. The number of methoxy groups -OCH3 is 1. The second-order valence-electron chi connectivity index (χ2n) is 4.38. The Morgan fingerprint density at radius 3 is 2.50 bits per heavy atom. The average molecular weight is 249 g/mol. The fourth-order valence-electron chi connectivity index (χ4n) is 2.04. The highest BCUT2D eigenvalue weighted by molar-refractivity contribution is 5.96. The van der Waals surface area contributed by atoms with E-state index in [1.165, 1.54) is 6.42 Å². The monoisotopic (exact) mass is 249 g/mol. The van der Waals surface area contributed by atoms with Crippen molar-refractivity contribution in [2.24, 2.45) is 0 Å². The van der Waals surface area contributed by atoms with E-state index in [2.05, 4.69) is 6.58 Å². The van der Waals surface area contributed by atoms with Gasteiger partial charge in [0.25, 0.3) is 5.91 Å². The highest BCUT2D eigenvalue weighted by Gasteiger charge is 2.18. The lowest BCUT2D eigenvalue weighted by molar-refractivity contribution is -0.127. The maximum atomic E-state index is 12.3. The zero-order valence-electron chi connectivity index (χ0n) is 11.4. The summed E-state index contributed by atoms with van der Waals surface area (Å²) >= 11 is 0. The molecule has 0 aliphatic carbocycles. The van der Waals surface area contributed by atoms with E-state index in [0.29, 0.717) is 5.57 Å². The Morgan fingerprint density at radius 1 is 1.33 bits per heavy atom. The summed E-state index contributed by atoms with van der Waals surface area (Å²) in [6, 6.07) is 0. The van der Waals surface area contributed by atoms with Gasteiger partial charge in [0.2, 0.25) is 0 Å². The van der Waals surface area contributed by atoms with Crippen molar-refractivity contribution < 1.29 is 9.53 Å². The molecule has 3 nitrogen and oxygen atoms in total. The summed E-state index contributed by atoms with van der Waals surface area (Å²) in [4.78, 5) is 14.2. The predicted octanol–water partition coefficient (Wildman–Crippen LogP) is 3.05. The van der Waals surface area contributed by atoms with E-state index in [0.717, 1.165) is 38.1 Å². The van der Waals surface area contributed by atoms with E-state index < -0.39 is 0 Å². The van der Waals surface area contributed by atoms with E-state index >= 15 is 0 Å². The predicted molar refractivity (Wildman–Crippen MR) is 74.1 cm³/mol. The largest absolute Gasteiger partial charge is 0.497 e. The van der Waals surface area contributed by atoms with Crippen LogP contribution >= 0.6 is 0 Å². The summed E-state index contributed by atoms with van der Waals surface area (Å²) in [7, 11) is 1.62. The smallest absolute Gasteiger partial charge is 0.253 e. The molecular formula is C15H23NO2. The Kier molecular flexibility index (Phi) is 6.26. The molecule has 0 aromatic carbocycles. The summed E-state index contributed by atoms with van der Waals surface area (Å²) in [5, 5.41) is 0. The maximum Gasteiger partial charge on any atom is 0.253 e. The summed E-state index contributed by atoms with van der Waals surface area (Å²) in [5.74, 6) is 0.779. The minimum Gasteiger partial charge on any atom is -0.497 e. The van der Waals surface area contributed by atoms with Gasteiger partial charge in [0, 0.05) is 18.7 Å². The standard InChI is InChI=1S/C15H23NO2/c1-4-9-14(18-3)12-13(5-2)15(17)16-10-7-6-8-11-16/h5,9,12H,2,4,6-8,10-11H2,1,3H3/b13-12+,14-9-. The number of carbonyl (C=O) groups excluding carboxylic acids is 1. The van der Waals surface area contributed by atoms with Crippen molar-refractivity contribution in [2.75, 3.05) is 20.2 Å². The van der Waals surface area contributed by atoms with Crippen molar-refractivity contribution >= 4 is 5.91 Å². The molecule has 0 saturated carbocycles. The first-order chi connectivity index (χ1) is 8.72. The molecule has 1 saturated heterocycles. The molecular weight excluding hydrogens is 226 g/mol. The average Bonchev–Trinajstić information content (AvgIpc) is 2.43. The third-order valence-electron chi connectivity index (χ3n) is 3.05. The molecule has 0 unspecified atom stereocenters. The molecule has 0 spiro atoms. The first kappa shape index (κ1) is 14.6. The molecule has 1 fully saturated rings. The van der Waals surface area contributed by atoms with Crippen molar-refractivity contribution in [2.45, 2.75) is 32.6 Å². The zero-order chi connectivity index (χ0) is 13.4. The van der Waals surface area contributed by atoms with E-state index in [1.807, 2.05) is 17.9 Å². The Morgan fingerprint density at radius 2 is 2.00 bits per heavy atom. The zero-order valence-corrected chi connectivity index (χ0v) is 11.4. The van der Waals surface area contributed by atoms with Crippen LogP contribution in [0.2, 0.25) is 0 Å². The summed E-state index contributed by atoms with van der Waals surface area (Å²) in [6.45, 7) is 7.46. The fourth-order valence-corrected chi connectivity index (χ4v) is 2.04. The van der Waals surface area contributed by atoms with E-state index in [4.69, 9.17) is 4.74 Å².